The summed E-state index contributed by atoms with van der Waals surface area (Å²) in [4.78, 5) is 12.6. The molecule has 2 aromatic carbocycles. The Kier molecular flexibility index (Phi) is 7.83. The van der Waals surface area contributed by atoms with E-state index in [-0.39, 0.29) is 17.5 Å². The first-order valence-electron chi connectivity index (χ1n) is 8.98. The van der Waals surface area contributed by atoms with E-state index >= 15 is 0 Å². The van der Waals surface area contributed by atoms with E-state index in [4.69, 9.17) is 9.47 Å². The van der Waals surface area contributed by atoms with Crippen LogP contribution >= 0.6 is 0 Å². The molecule has 0 aliphatic heterocycles. The predicted octanol–water partition coefficient (Wildman–Crippen LogP) is 2.43. The summed E-state index contributed by atoms with van der Waals surface area (Å²) >= 11 is 0. The molecule has 0 fully saturated rings. The highest BCUT2D eigenvalue weighted by Crippen LogP contribution is 2.32. The Morgan fingerprint density at radius 2 is 1.75 bits per heavy atom. The number of carbonyl (C=O) groups is 1. The molecule has 0 unspecified atom stereocenters. The number of amides is 1. The van der Waals surface area contributed by atoms with E-state index in [1.807, 2.05) is 6.92 Å². The summed E-state index contributed by atoms with van der Waals surface area (Å²) in [6, 6.07) is 14.5. The third-order valence-electron chi connectivity index (χ3n) is 3.88. The number of hydrogen-bond donors (Lipinski definition) is 1. The van der Waals surface area contributed by atoms with Gasteiger partial charge < -0.3 is 14.8 Å². The van der Waals surface area contributed by atoms with Gasteiger partial charge in [0.15, 0.2) is 0 Å². The number of nitrogens with one attached hydrogen (secondary N) is 1. The van der Waals surface area contributed by atoms with E-state index in [9.17, 15) is 13.2 Å². The average Bonchev–Trinajstić information content (AvgIpc) is 2.68. The lowest BCUT2D eigenvalue weighted by Crippen LogP contribution is -2.44. The number of para-hydroxylation sites is 2. The Bertz CT molecular complexity index is 871. The highest BCUT2D eigenvalue weighted by atomic mass is 32.2. The highest BCUT2D eigenvalue weighted by molar-refractivity contribution is 7.92. The largest absolute Gasteiger partial charge is 0.492 e. The van der Waals surface area contributed by atoms with Gasteiger partial charge in [0.25, 0.3) is 10.0 Å². The predicted molar refractivity (Wildman–Crippen MR) is 108 cm³/mol. The third kappa shape index (κ3) is 5.46. The summed E-state index contributed by atoms with van der Waals surface area (Å²) in [5.41, 5.74) is 0.308. The second-order valence-corrected chi connectivity index (χ2v) is 8.01. The molecule has 0 saturated heterocycles. The number of carbonyl (C=O) groups excluding carboxylic acids is 1. The van der Waals surface area contributed by atoms with Crippen LogP contribution in [-0.4, -0.2) is 47.2 Å². The van der Waals surface area contributed by atoms with Crippen molar-refractivity contribution in [3.63, 3.8) is 0 Å². The van der Waals surface area contributed by atoms with Crippen molar-refractivity contribution < 1.29 is 22.7 Å². The van der Waals surface area contributed by atoms with Gasteiger partial charge in [-0.2, -0.15) is 0 Å². The first-order chi connectivity index (χ1) is 13.4. The van der Waals surface area contributed by atoms with Crippen molar-refractivity contribution >= 4 is 21.6 Å². The van der Waals surface area contributed by atoms with Gasteiger partial charge in [-0.05, 0) is 38.1 Å². The number of ether oxygens (including phenoxy) is 2. The highest BCUT2D eigenvalue weighted by Gasteiger charge is 2.29. The van der Waals surface area contributed by atoms with E-state index in [2.05, 4.69) is 5.32 Å². The summed E-state index contributed by atoms with van der Waals surface area (Å²) in [5, 5.41) is 2.75. The Labute approximate surface area is 166 Å². The maximum absolute atomic E-state index is 13.3. The van der Waals surface area contributed by atoms with Crippen molar-refractivity contribution in [1.29, 1.82) is 0 Å². The Balaban J connectivity index is 2.43. The van der Waals surface area contributed by atoms with Gasteiger partial charge in [0.2, 0.25) is 5.91 Å². The molecule has 152 valence electrons. The molecule has 0 aliphatic carbocycles. The van der Waals surface area contributed by atoms with Gasteiger partial charge in [-0.1, -0.05) is 30.3 Å². The summed E-state index contributed by atoms with van der Waals surface area (Å²) in [6.07, 6.45) is 0. The van der Waals surface area contributed by atoms with Crippen LogP contribution in [0.5, 0.6) is 5.75 Å². The fourth-order valence-electron chi connectivity index (χ4n) is 2.70. The van der Waals surface area contributed by atoms with Crippen molar-refractivity contribution in [2.45, 2.75) is 24.8 Å². The number of nitrogens with zero attached hydrogens (tertiary/aromatic N) is 1. The van der Waals surface area contributed by atoms with Crippen LogP contribution in [0.4, 0.5) is 5.69 Å². The number of benzene rings is 2. The van der Waals surface area contributed by atoms with E-state index in [0.717, 1.165) is 4.31 Å². The van der Waals surface area contributed by atoms with Gasteiger partial charge in [0.05, 0.1) is 23.8 Å². The van der Waals surface area contributed by atoms with Crippen molar-refractivity contribution in [3.8, 4) is 5.75 Å². The topological polar surface area (TPSA) is 84.9 Å². The summed E-state index contributed by atoms with van der Waals surface area (Å²) in [5.74, 6) is -0.0439. The molecule has 1 atom stereocenters. The van der Waals surface area contributed by atoms with Gasteiger partial charge >= 0.3 is 0 Å². The first kappa shape index (κ1) is 21.7. The lowest BCUT2D eigenvalue weighted by molar-refractivity contribution is -0.120. The van der Waals surface area contributed by atoms with Crippen molar-refractivity contribution in [2.75, 3.05) is 31.2 Å². The third-order valence-corrected chi connectivity index (χ3v) is 5.65. The lowest BCUT2D eigenvalue weighted by Gasteiger charge is -2.26. The van der Waals surface area contributed by atoms with E-state index < -0.39 is 15.9 Å². The molecule has 28 heavy (non-hydrogen) atoms. The molecule has 2 rings (SSSR count). The fourth-order valence-corrected chi connectivity index (χ4v) is 4.16. The van der Waals surface area contributed by atoms with E-state index in [0.29, 0.717) is 24.7 Å². The second kappa shape index (κ2) is 10.1. The van der Waals surface area contributed by atoms with Crippen LogP contribution in [0.15, 0.2) is 59.5 Å². The summed E-state index contributed by atoms with van der Waals surface area (Å²) in [6.45, 7) is 3.91. The van der Waals surface area contributed by atoms with Gasteiger partial charge in [-0.3, -0.25) is 9.10 Å². The summed E-state index contributed by atoms with van der Waals surface area (Å²) < 4.78 is 38.3. The quantitative estimate of drug-likeness (QED) is 0.655. The molecule has 1 amide bonds. The maximum Gasteiger partial charge on any atom is 0.264 e. The molecule has 0 heterocycles. The van der Waals surface area contributed by atoms with Crippen LogP contribution in [0.25, 0.3) is 0 Å². The van der Waals surface area contributed by atoms with Crippen molar-refractivity contribution in [2.24, 2.45) is 0 Å². The van der Waals surface area contributed by atoms with Gasteiger partial charge in [-0.25, -0.2) is 8.42 Å². The molecule has 0 spiro atoms. The zero-order valence-corrected chi connectivity index (χ0v) is 17.1. The lowest BCUT2D eigenvalue weighted by atomic mass is 10.3. The minimum atomic E-state index is -3.98. The summed E-state index contributed by atoms with van der Waals surface area (Å²) in [7, 11) is -2.44. The number of rotatable bonds is 10. The molecule has 0 bridgehead atoms. The molecule has 2 aromatic rings. The molecule has 7 nitrogen and oxygen atoms in total. The zero-order chi connectivity index (χ0) is 20.6. The normalized spacial score (nSPS) is 12.2. The molecule has 0 saturated carbocycles. The smallest absolute Gasteiger partial charge is 0.264 e. The van der Waals surface area contributed by atoms with Gasteiger partial charge in [0, 0.05) is 13.2 Å². The maximum atomic E-state index is 13.3. The van der Waals surface area contributed by atoms with Crippen molar-refractivity contribution in [1.82, 2.24) is 5.32 Å². The van der Waals surface area contributed by atoms with Gasteiger partial charge in [0.1, 0.15) is 12.3 Å². The van der Waals surface area contributed by atoms with Crippen LogP contribution in [-0.2, 0) is 19.6 Å². The first-order valence-corrected chi connectivity index (χ1v) is 10.4. The van der Waals surface area contributed by atoms with E-state index in [1.54, 1.807) is 49.4 Å². The van der Waals surface area contributed by atoms with Crippen molar-refractivity contribution in [3.05, 3.63) is 54.6 Å². The van der Waals surface area contributed by atoms with Crippen LogP contribution in [0.3, 0.4) is 0 Å². The number of sulfonamides is 1. The molecule has 8 heteroatoms. The number of hydrogen-bond acceptors (Lipinski definition) is 5. The average molecular weight is 407 g/mol. The van der Waals surface area contributed by atoms with Crippen LogP contribution in [0.1, 0.15) is 13.8 Å². The SMILES string of the molecule is CCOc1ccccc1N(CC(=O)N[C@@H](C)COC)S(=O)(=O)c1ccccc1. The molecule has 1 N–H and O–H groups in total. The molecule has 0 aliphatic rings. The standard InChI is InChI=1S/C20H26N2O5S/c1-4-27-19-13-9-8-12-18(19)22(14-20(23)21-16(2)15-26-3)28(24,25)17-10-6-5-7-11-17/h5-13,16H,4,14-15H2,1-3H3,(H,21,23)/t16-/m0/s1. The van der Waals surface area contributed by atoms with Crippen LogP contribution in [0, 0.1) is 0 Å². The van der Waals surface area contributed by atoms with Crippen LogP contribution in [0.2, 0.25) is 0 Å². The monoisotopic (exact) mass is 406 g/mol. The van der Waals surface area contributed by atoms with Crippen LogP contribution < -0.4 is 14.4 Å². The molecule has 0 radical (unpaired) electrons. The Hall–Kier alpha value is -2.58. The van der Waals surface area contributed by atoms with Gasteiger partial charge in [-0.15, -0.1) is 0 Å². The second-order valence-electron chi connectivity index (χ2n) is 6.15. The molecular weight excluding hydrogens is 380 g/mol. The number of anilines is 1. The minimum Gasteiger partial charge on any atom is -0.492 e. The Morgan fingerprint density at radius 1 is 1.11 bits per heavy atom. The molecule has 0 aromatic heterocycles. The number of methoxy groups -OCH3 is 1. The minimum absolute atomic E-state index is 0.0963. The zero-order valence-electron chi connectivity index (χ0n) is 16.3. The molecular formula is C20H26N2O5S. The van der Waals surface area contributed by atoms with E-state index in [1.165, 1.54) is 19.2 Å². The Morgan fingerprint density at radius 3 is 2.39 bits per heavy atom. The fraction of sp³-hybridized carbons (Fsp3) is 0.350.